The summed E-state index contributed by atoms with van der Waals surface area (Å²) in [5.74, 6) is -1.45. The molecule has 118 valence electrons. The molecule has 1 atom stereocenters. The minimum atomic E-state index is -0.876. The number of carboxylic acids is 1. The molecule has 0 aliphatic rings. The molecule has 1 aromatic rings. The number of aliphatic carboxylic acids is 1. The molecule has 5 nitrogen and oxygen atoms in total. The number of nitrogens with one attached hydrogen (secondary N) is 2. The van der Waals surface area contributed by atoms with Crippen LogP contribution in [0, 0.1) is 18.3 Å². The highest BCUT2D eigenvalue weighted by Gasteiger charge is 2.24. The Morgan fingerprint density at radius 2 is 1.95 bits per heavy atom. The average Bonchev–Trinajstić information content (AvgIpc) is 2.76. The van der Waals surface area contributed by atoms with Crippen molar-refractivity contribution in [3.63, 3.8) is 0 Å². The SMILES string of the molecule is Cc1cscc1CNC(=O)NCC(CC(C)(C)C)C(=O)O. The summed E-state index contributed by atoms with van der Waals surface area (Å²) in [5.41, 5.74) is 2.14. The Hall–Kier alpha value is -1.56. The molecule has 1 heterocycles. The van der Waals surface area contributed by atoms with Crippen molar-refractivity contribution >= 4 is 23.3 Å². The van der Waals surface area contributed by atoms with Gasteiger partial charge in [0.1, 0.15) is 0 Å². The van der Waals surface area contributed by atoms with Gasteiger partial charge in [0.15, 0.2) is 0 Å². The van der Waals surface area contributed by atoms with Crippen LogP contribution in [0.5, 0.6) is 0 Å². The summed E-state index contributed by atoms with van der Waals surface area (Å²) >= 11 is 1.60. The molecule has 0 spiro atoms. The lowest BCUT2D eigenvalue weighted by atomic mass is 9.84. The van der Waals surface area contributed by atoms with Crippen molar-refractivity contribution < 1.29 is 14.7 Å². The smallest absolute Gasteiger partial charge is 0.315 e. The second-order valence-electron chi connectivity index (χ2n) is 6.44. The molecule has 1 aromatic heterocycles. The lowest BCUT2D eigenvalue weighted by molar-refractivity contribution is -0.142. The van der Waals surface area contributed by atoms with Crippen LogP contribution < -0.4 is 10.6 Å². The summed E-state index contributed by atoms with van der Waals surface area (Å²) in [5, 5.41) is 18.6. The zero-order chi connectivity index (χ0) is 16.0. The lowest BCUT2D eigenvalue weighted by Gasteiger charge is -2.23. The van der Waals surface area contributed by atoms with Crippen molar-refractivity contribution in [2.75, 3.05) is 6.54 Å². The number of carboxylic acid groups (broad SMARTS) is 1. The van der Waals surface area contributed by atoms with Gasteiger partial charge in [0.2, 0.25) is 0 Å². The van der Waals surface area contributed by atoms with Crippen LogP contribution in [0.3, 0.4) is 0 Å². The van der Waals surface area contributed by atoms with E-state index >= 15 is 0 Å². The van der Waals surface area contributed by atoms with Crippen molar-refractivity contribution in [2.45, 2.75) is 40.7 Å². The first-order chi connectivity index (χ1) is 9.69. The largest absolute Gasteiger partial charge is 0.481 e. The highest BCUT2D eigenvalue weighted by Crippen LogP contribution is 2.24. The average molecular weight is 312 g/mol. The Labute approximate surface area is 129 Å². The van der Waals surface area contributed by atoms with Crippen molar-refractivity contribution in [3.05, 3.63) is 21.9 Å². The van der Waals surface area contributed by atoms with Crippen molar-refractivity contribution in [1.82, 2.24) is 10.6 Å². The van der Waals surface area contributed by atoms with Crippen LogP contribution in [0.15, 0.2) is 10.8 Å². The molecule has 0 aliphatic carbocycles. The minimum Gasteiger partial charge on any atom is -0.481 e. The van der Waals surface area contributed by atoms with Crippen molar-refractivity contribution in [1.29, 1.82) is 0 Å². The number of hydrogen-bond acceptors (Lipinski definition) is 3. The van der Waals surface area contributed by atoms with Gasteiger partial charge in [0.25, 0.3) is 0 Å². The van der Waals surface area contributed by atoms with Crippen LogP contribution >= 0.6 is 11.3 Å². The highest BCUT2D eigenvalue weighted by atomic mass is 32.1. The van der Waals surface area contributed by atoms with Crippen LogP contribution in [0.2, 0.25) is 0 Å². The fourth-order valence-electron chi connectivity index (χ4n) is 2.01. The van der Waals surface area contributed by atoms with E-state index in [1.165, 1.54) is 0 Å². The minimum absolute atomic E-state index is 0.0883. The van der Waals surface area contributed by atoms with E-state index in [1.807, 2.05) is 38.5 Å². The topological polar surface area (TPSA) is 78.4 Å². The van der Waals surface area contributed by atoms with Gasteiger partial charge in [-0.2, -0.15) is 11.3 Å². The van der Waals surface area contributed by atoms with Gasteiger partial charge in [0, 0.05) is 13.1 Å². The first-order valence-corrected chi connectivity index (χ1v) is 7.89. The van der Waals surface area contributed by atoms with E-state index in [4.69, 9.17) is 0 Å². The molecule has 0 saturated carbocycles. The lowest BCUT2D eigenvalue weighted by Crippen LogP contribution is -2.40. The van der Waals surface area contributed by atoms with Gasteiger partial charge in [0.05, 0.1) is 5.92 Å². The maximum absolute atomic E-state index is 11.7. The Morgan fingerprint density at radius 1 is 1.29 bits per heavy atom. The van der Waals surface area contributed by atoms with Gasteiger partial charge in [-0.05, 0) is 40.6 Å². The third-order valence-electron chi connectivity index (χ3n) is 3.12. The number of rotatable bonds is 6. The van der Waals surface area contributed by atoms with Crippen molar-refractivity contribution in [2.24, 2.45) is 11.3 Å². The third-order valence-corrected chi connectivity index (χ3v) is 4.03. The molecule has 3 N–H and O–H groups in total. The van der Waals surface area contributed by atoms with Gasteiger partial charge in [-0.3, -0.25) is 4.79 Å². The van der Waals surface area contributed by atoms with E-state index in [0.717, 1.165) is 11.1 Å². The number of thiophene rings is 1. The molecule has 1 rings (SSSR count). The number of amides is 2. The summed E-state index contributed by atoms with van der Waals surface area (Å²) in [4.78, 5) is 22.9. The molecule has 2 amide bonds. The summed E-state index contributed by atoms with van der Waals surface area (Å²) < 4.78 is 0. The number of carbonyl (C=O) groups is 2. The molecule has 6 heteroatoms. The van der Waals surface area contributed by atoms with Crippen LogP contribution in [-0.4, -0.2) is 23.7 Å². The quantitative estimate of drug-likeness (QED) is 0.755. The van der Waals surface area contributed by atoms with E-state index in [2.05, 4.69) is 10.6 Å². The third kappa shape index (κ3) is 6.62. The summed E-state index contributed by atoms with van der Waals surface area (Å²) in [6, 6.07) is -0.333. The second-order valence-corrected chi connectivity index (χ2v) is 7.19. The zero-order valence-electron chi connectivity index (χ0n) is 13.0. The fourth-order valence-corrected chi connectivity index (χ4v) is 2.86. The van der Waals surface area contributed by atoms with E-state index in [9.17, 15) is 14.7 Å². The van der Waals surface area contributed by atoms with Crippen LogP contribution in [0.4, 0.5) is 4.79 Å². The van der Waals surface area contributed by atoms with E-state index in [0.29, 0.717) is 13.0 Å². The number of hydrogen-bond donors (Lipinski definition) is 3. The molecule has 0 saturated heterocycles. The van der Waals surface area contributed by atoms with Gasteiger partial charge < -0.3 is 15.7 Å². The molecule has 0 bridgehead atoms. The van der Waals surface area contributed by atoms with E-state index in [-0.39, 0.29) is 18.0 Å². The second kappa shape index (κ2) is 7.45. The fraction of sp³-hybridized carbons (Fsp3) is 0.600. The Bertz CT molecular complexity index is 491. The molecule has 0 aliphatic heterocycles. The molecular weight excluding hydrogens is 288 g/mol. The molecule has 0 radical (unpaired) electrons. The van der Waals surface area contributed by atoms with Crippen LogP contribution in [0.25, 0.3) is 0 Å². The normalized spacial score (nSPS) is 12.8. The molecule has 1 unspecified atom stereocenters. The first-order valence-electron chi connectivity index (χ1n) is 6.95. The number of urea groups is 1. The predicted octanol–water partition coefficient (Wildman–Crippen LogP) is 2.99. The summed E-state index contributed by atoms with van der Waals surface area (Å²) in [7, 11) is 0. The zero-order valence-corrected chi connectivity index (χ0v) is 13.8. The maximum Gasteiger partial charge on any atom is 0.315 e. The van der Waals surface area contributed by atoms with Gasteiger partial charge >= 0.3 is 12.0 Å². The summed E-state index contributed by atoms with van der Waals surface area (Å²) in [6.45, 7) is 8.56. The standard InChI is InChI=1S/C15H24N2O3S/c1-10-8-21-9-12(10)7-17-14(20)16-6-11(13(18)19)5-15(2,3)4/h8-9,11H,5-7H2,1-4H3,(H,18,19)(H2,16,17,20). The molecular formula is C15H24N2O3S. The maximum atomic E-state index is 11.7. The summed E-state index contributed by atoms with van der Waals surface area (Å²) in [6.07, 6.45) is 0.520. The van der Waals surface area contributed by atoms with Crippen LogP contribution in [0.1, 0.15) is 38.3 Å². The van der Waals surface area contributed by atoms with Crippen molar-refractivity contribution in [3.8, 4) is 0 Å². The molecule has 0 aromatic carbocycles. The predicted molar refractivity (Wildman–Crippen MR) is 84.5 cm³/mol. The van der Waals surface area contributed by atoms with E-state index in [1.54, 1.807) is 11.3 Å². The molecule has 21 heavy (non-hydrogen) atoms. The van der Waals surface area contributed by atoms with Gasteiger partial charge in [-0.15, -0.1) is 0 Å². The highest BCUT2D eigenvalue weighted by molar-refractivity contribution is 7.08. The van der Waals surface area contributed by atoms with E-state index < -0.39 is 11.9 Å². The number of aryl methyl sites for hydroxylation is 1. The monoisotopic (exact) mass is 312 g/mol. The first kappa shape index (κ1) is 17.5. The van der Waals surface area contributed by atoms with Crippen LogP contribution in [-0.2, 0) is 11.3 Å². The molecule has 0 fully saturated rings. The Morgan fingerprint density at radius 3 is 2.43 bits per heavy atom. The van der Waals surface area contributed by atoms with Gasteiger partial charge in [-0.1, -0.05) is 20.8 Å². The Balaban J connectivity index is 2.40. The number of carbonyl (C=O) groups excluding carboxylic acids is 1. The Kier molecular flexibility index (Phi) is 6.20. The van der Waals surface area contributed by atoms with Gasteiger partial charge in [-0.25, -0.2) is 4.79 Å².